The minimum absolute atomic E-state index is 0.534. The summed E-state index contributed by atoms with van der Waals surface area (Å²) in [4.78, 5) is 0. The van der Waals surface area contributed by atoms with Crippen LogP contribution in [0.3, 0.4) is 0 Å². The fourth-order valence-electron chi connectivity index (χ4n) is 2.68. The number of unbranched alkanes of at least 4 members (excludes halogenated alkanes) is 1. The van der Waals surface area contributed by atoms with Crippen molar-refractivity contribution in [2.45, 2.75) is 58.8 Å². The minimum Gasteiger partial charge on any atom is -0.330 e. The molecule has 0 aromatic heterocycles. The van der Waals surface area contributed by atoms with E-state index in [-0.39, 0.29) is 0 Å². The van der Waals surface area contributed by atoms with Crippen molar-refractivity contribution >= 4 is 0 Å². The summed E-state index contributed by atoms with van der Waals surface area (Å²) in [6, 6.07) is 8.84. The maximum absolute atomic E-state index is 5.99. The summed E-state index contributed by atoms with van der Waals surface area (Å²) in [5, 5.41) is 0. The molecule has 0 aliphatic heterocycles. The monoisotopic (exact) mass is 247 g/mol. The van der Waals surface area contributed by atoms with Crippen molar-refractivity contribution < 1.29 is 0 Å². The number of aryl methyl sites for hydroxylation is 1. The van der Waals surface area contributed by atoms with Crippen molar-refractivity contribution in [3.8, 4) is 0 Å². The lowest BCUT2D eigenvalue weighted by atomic mass is 9.84. The normalized spacial score (nSPS) is 14.4. The molecule has 0 aliphatic carbocycles. The first-order valence-corrected chi connectivity index (χ1v) is 7.47. The summed E-state index contributed by atoms with van der Waals surface area (Å²) in [6.07, 6.45) is 6.53. The largest absolute Gasteiger partial charge is 0.330 e. The van der Waals surface area contributed by atoms with Crippen LogP contribution < -0.4 is 5.73 Å². The highest BCUT2D eigenvalue weighted by Crippen LogP contribution is 2.28. The Kier molecular flexibility index (Phi) is 7.04. The standard InChI is InChI=1S/C17H29N/c1-4-6-9-15(5-2)12-17(13-18)16-10-7-8-14(3)11-16/h7-8,10-11,15,17H,4-6,9,12-13,18H2,1-3H3. The molecule has 2 N–H and O–H groups in total. The Balaban J connectivity index is 2.65. The molecule has 0 heterocycles. The van der Waals surface area contributed by atoms with Crippen LogP contribution in [0.2, 0.25) is 0 Å². The first kappa shape index (κ1) is 15.2. The first-order valence-electron chi connectivity index (χ1n) is 7.47. The second-order valence-electron chi connectivity index (χ2n) is 5.50. The lowest BCUT2D eigenvalue weighted by Gasteiger charge is -2.22. The topological polar surface area (TPSA) is 26.0 Å². The predicted molar refractivity (Wildman–Crippen MR) is 80.9 cm³/mol. The van der Waals surface area contributed by atoms with Crippen molar-refractivity contribution in [1.82, 2.24) is 0 Å². The van der Waals surface area contributed by atoms with Gasteiger partial charge in [-0.25, -0.2) is 0 Å². The maximum Gasteiger partial charge on any atom is -0.000813 e. The van der Waals surface area contributed by atoms with Gasteiger partial charge < -0.3 is 5.73 Å². The van der Waals surface area contributed by atoms with Gasteiger partial charge in [-0.2, -0.15) is 0 Å². The molecule has 1 aromatic rings. The van der Waals surface area contributed by atoms with Crippen LogP contribution in [0.15, 0.2) is 24.3 Å². The van der Waals surface area contributed by atoms with E-state index in [0.717, 1.165) is 12.5 Å². The molecule has 0 radical (unpaired) electrons. The predicted octanol–water partition coefficient (Wildman–Crippen LogP) is 4.64. The Labute approximate surface area is 113 Å². The van der Waals surface area contributed by atoms with E-state index in [1.807, 2.05) is 0 Å². The van der Waals surface area contributed by atoms with Gasteiger partial charge in [-0.3, -0.25) is 0 Å². The van der Waals surface area contributed by atoms with Crippen LogP contribution in [-0.2, 0) is 0 Å². The highest BCUT2D eigenvalue weighted by atomic mass is 14.5. The van der Waals surface area contributed by atoms with Crippen LogP contribution in [-0.4, -0.2) is 6.54 Å². The molecule has 102 valence electrons. The van der Waals surface area contributed by atoms with Gasteiger partial charge in [-0.1, -0.05) is 69.4 Å². The molecule has 0 amide bonds. The number of rotatable bonds is 8. The van der Waals surface area contributed by atoms with Gasteiger partial charge in [0.1, 0.15) is 0 Å². The van der Waals surface area contributed by atoms with Gasteiger partial charge in [0, 0.05) is 0 Å². The van der Waals surface area contributed by atoms with E-state index in [1.54, 1.807) is 0 Å². The van der Waals surface area contributed by atoms with Crippen LogP contribution in [0.4, 0.5) is 0 Å². The van der Waals surface area contributed by atoms with Crippen LogP contribution in [0, 0.1) is 12.8 Å². The lowest BCUT2D eigenvalue weighted by Crippen LogP contribution is -2.16. The summed E-state index contributed by atoms with van der Waals surface area (Å²) >= 11 is 0. The van der Waals surface area contributed by atoms with E-state index in [2.05, 4.69) is 45.0 Å². The number of hydrogen-bond acceptors (Lipinski definition) is 1. The molecule has 1 rings (SSSR count). The van der Waals surface area contributed by atoms with Gasteiger partial charge in [-0.15, -0.1) is 0 Å². The molecule has 0 saturated heterocycles. The van der Waals surface area contributed by atoms with Crippen molar-refractivity contribution in [2.75, 3.05) is 6.54 Å². The van der Waals surface area contributed by atoms with Gasteiger partial charge in [0.2, 0.25) is 0 Å². The molecule has 1 heteroatoms. The highest BCUT2D eigenvalue weighted by molar-refractivity contribution is 5.25. The average Bonchev–Trinajstić information content (AvgIpc) is 2.39. The Morgan fingerprint density at radius 3 is 2.56 bits per heavy atom. The summed E-state index contributed by atoms with van der Waals surface area (Å²) in [7, 11) is 0. The second kappa shape index (κ2) is 8.31. The van der Waals surface area contributed by atoms with Crippen LogP contribution in [0.5, 0.6) is 0 Å². The van der Waals surface area contributed by atoms with Gasteiger partial charge in [0.15, 0.2) is 0 Å². The summed E-state index contributed by atoms with van der Waals surface area (Å²) < 4.78 is 0. The van der Waals surface area contributed by atoms with Crippen LogP contribution in [0.1, 0.15) is 63.0 Å². The summed E-state index contributed by atoms with van der Waals surface area (Å²) in [6.45, 7) is 7.51. The molecule has 0 fully saturated rings. The quantitative estimate of drug-likeness (QED) is 0.711. The molecule has 18 heavy (non-hydrogen) atoms. The zero-order valence-corrected chi connectivity index (χ0v) is 12.3. The highest BCUT2D eigenvalue weighted by Gasteiger charge is 2.15. The zero-order valence-electron chi connectivity index (χ0n) is 12.3. The SMILES string of the molecule is CCCCC(CC)CC(CN)c1cccc(C)c1. The van der Waals surface area contributed by atoms with E-state index in [1.165, 1.54) is 43.2 Å². The molecule has 1 nitrogen and oxygen atoms in total. The molecular weight excluding hydrogens is 218 g/mol. The molecule has 0 spiro atoms. The fourth-order valence-corrected chi connectivity index (χ4v) is 2.68. The van der Waals surface area contributed by atoms with E-state index in [4.69, 9.17) is 5.73 Å². The lowest BCUT2D eigenvalue weighted by molar-refractivity contribution is 0.387. The third-order valence-corrected chi connectivity index (χ3v) is 3.96. The van der Waals surface area contributed by atoms with Gasteiger partial charge in [-0.05, 0) is 37.3 Å². The molecule has 0 saturated carbocycles. The summed E-state index contributed by atoms with van der Waals surface area (Å²) in [5.41, 5.74) is 8.75. The number of benzene rings is 1. The van der Waals surface area contributed by atoms with E-state index < -0.39 is 0 Å². The molecule has 2 atom stereocenters. The van der Waals surface area contributed by atoms with Gasteiger partial charge >= 0.3 is 0 Å². The second-order valence-corrected chi connectivity index (χ2v) is 5.50. The van der Waals surface area contributed by atoms with Crippen molar-refractivity contribution in [2.24, 2.45) is 11.7 Å². The van der Waals surface area contributed by atoms with E-state index in [0.29, 0.717) is 5.92 Å². The average molecular weight is 247 g/mol. The van der Waals surface area contributed by atoms with Crippen molar-refractivity contribution in [3.63, 3.8) is 0 Å². The van der Waals surface area contributed by atoms with Crippen molar-refractivity contribution in [1.29, 1.82) is 0 Å². The zero-order chi connectivity index (χ0) is 13.4. The fraction of sp³-hybridized carbons (Fsp3) is 0.647. The Hall–Kier alpha value is -0.820. The van der Waals surface area contributed by atoms with Gasteiger partial charge in [0.05, 0.1) is 0 Å². The van der Waals surface area contributed by atoms with Crippen LogP contribution in [0.25, 0.3) is 0 Å². The minimum atomic E-state index is 0.534. The third-order valence-electron chi connectivity index (χ3n) is 3.96. The van der Waals surface area contributed by atoms with Gasteiger partial charge in [0.25, 0.3) is 0 Å². The molecule has 0 aliphatic rings. The Morgan fingerprint density at radius 2 is 2.00 bits per heavy atom. The Bertz CT molecular complexity index is 332. The number of hydrogen-bond donors (Lipinski definition) is 1. The van der Waals surface area contributed by atoms with Crippen molar-refractivity contribution in [3.05, 3.63) is 35.4 Å². The van der Waals surface area contributed by atoms with Crippen LogP contribution >= 0.6 is 0 Å². The Morgan fingerprint density at radius 1 is 1.22 bits per heavy atom. The first-order chi connectivity index (χ1) is 8.71. The smallest absolute Gasteiger partial charge is 0.000813 e. The molecule has 1 aromatic carbocycles. The van der Waals surface area contributed by atoms with E-state index >= 15 is 0 Å². The third kappa shape index (κ3) is 4.81. The maximum atomic E-state index is 5.99. The molecule has 0 bridgehead atoms. The van der Waals surface area contributed by atoms with E-state index in [9.17, 15) is 0 Å². The molecule has 2 unspecified atom stereocenters. The number of nitrogens with two attached hydrogens (primary N) is 1. The molecular formula is C17H29N. The summed E-state index contributed by atoms with van der Waals surface area (Å²) in [5.74, 6) is 1.37.